The van der Waals surface area contributed by atoms with Crippen LogP contribution in [0.1, 0.15) is 51.2 Å². The van der Waals surface area contributed by atoms with Crippen molar-refractivity contribution in [3.05, 3.63) is 53.0 Å². The van der Waals surface area contributed by atoms with Gasteiger partial charge >= 0.3 is 0 Å². The molecule has 1 saturated heterocycles. The first kappa shape index (κ1) is 23.7. The Balaban J connectivity index is 1.66. The van der Waals surface area contributed by atoms with E-state index in [1.807, 2.05) is 19.1 Å². The molecule has 1 unspecified atom stereocenters. The molecule has 0 amide bonds. The van der Waals surface area contributed by atoms with E-state index >= 15 is 0 Å². The zero-order chi connectivity index (χ0) is 23.1. The molecule has 7 nitrogen and oxygen atoms in total. The number of allylic oxidation sites excluding steroid dienone is 2. The number of nitrogens with two attached hydrogens (primary N) is 2. The smallest absolute Gasteiger partial charge is 0.162 e. The number of hydrogen-bond donors (Lipinski definition) is 4. The fourth-order valence-electron chi connectivity index (χ4n) is 4.18. The molecule has 2 heterocycles. The molecule has 6 N–H and O–H groups in total. The molecular formula is C25H37N7. The molecule has 0 saturated carbocycles. The van der Waals surface area contributed by atoms with Crippen molar-refractivity contribution < 1.29 is 0 Å². The van der Waals surface area contributed by atoms with Crippen LogP contribution in [0.4, 0.5) is 5.69 Å². The van der Waals surface area contributed by atoms with Crippen molar-refractivity contribution in [2.45, 2.75) is 52.7 Å². The molecule has 2 aliphatic rings. The van der Waals surface area contributed by atoms with E-state index < -0.39 is 6.17 Å². The standard InChI is InChI=1S/C25H37N7/c1-4-18(14-26)15-30-23-7-10-29-25(31-23)24(28)21-13-19(5-6-22(21)27)16-32-11-8-20(9-12-32)17(2)3/h5-7,10,13-15,17,20,25,28,31H,4,8-9,11-12,16,26-27H2,1-3H3. The summed E-state index contributed by atoms with van der Waals surface area (Å²) in [5.74, 6) is 2.23. The Kier molecular flexibility index (Phi) is 8.22. The molecule has 7 heteroatoms. The van der Waals surface area contributed by atoms with E-state index in [4.69, 9.17) is 16.9 Å². The number of anilines is 1. The predicted octanol–water partition coefficient (Wildman–Crippen LogP) is 3.67. The summed E-state index contributed by atoms with van der Waals surface area (Å²) in [6.07, 6.45) is 9.53. The first-order valence-electron chi connectivity index (χ1n) is 11.6. The Morgan fingerprint density at radius 2 is 2.09 bits per heavy atom. The summed E-state index contributed by atoms with van der Waals surface area (Å²) in [5.41, 5.74) is 15.6. The van der Waals surface area contributed by atoms with Crippen molar-refractivity contribution >= 4 is 23.8 Å². The van der Waals surface area contributed by atoms with Gasteiger partial charge in [-0.1, -0.05) is 26.8 Å². The van der Waals surface area contributed by atoms with Crippen LogP contribution in [0, 0.1) is 17.2 Å². The molecule has 1 aromatic carbocycles. The van der Waals surface area contributed by atoms with Crippen molar-refractivity contribution in [2.24, 2.45) is 27.6 Å². The molecule has 0 spiro atoms. The summed E-state index contributed by atoms with van der Waals surface area (Å²) in [6.45, 7) is 9.80. The maximum Gasteiger partial charge on any atom is 0.162 e. The van der Waals surface area contributed by atoms with Crippen molar-refractivity contribution in [1.29, 1.82) is 5.41 Å². The summed E-state index contributed by atoms with van der Waals surface area (Å²) in [7, 11) is 0. The SMILES string of the molecule is CCC(C=NC1=CC=NC(C(=N)c2cc(CN3CCC(C(C)C)CC3)ccc2N)N1)=CN. The largest absolute Gasteiger partial charge is 0.404 e. The van der Waals surface area contributed by atoms with Gasteiger partial charge in [0, 0.05) is 30.2 Å². The van der Waals surface area contributed by atoms with Crippen LogP contribution in [0.25, 0.3) is 0 Å². The van der Waals surface area contributed by atoms with Crippen molar-refractivity contribution in [3.63, 3.8) is 0 Å². The van der Waals surface area contributed by atoms with Gasteiger partial charge in [-0.25, -0.2) is 4.99 Å². The molecule has 1 atom stereocenters. The first-order valence-corrected chi connectivity index (χ1v) is 11.6. The van der Waals surface area contributed by atoms with Gasteiger partial charge in [-0.3, -0.25) is 9.89 Å². The average Bonchev–Trinajstić information content (AvgIpc) is 2.81. The number of hydrogen-bond acceptors (Lipinski definition) is 7. The maximum atomic E-state index is 8.75. The molecule has 32 heavy (non-hydrogen) atoms. The molecule has 172 valence electrons. The highest BCUT2D eigenvalue weighted by Crippen LogP contribution is 2.26. The second kappa shape index (κ2) is 11.1. The number of benzene rings is 1. The minimum Gasteiger partial charge on any atom is -0.404 e. The zero-order valence-corrected chi connectivity index (χ0v) is 19.5. The van der Waals surface area contributed by atoms with Gasteiger partial charge in [-0.15, -0.1) is 0 Å². The van der Waals surface area contributed by atoms with E-state index in [1.54, 1.807) is 24.7 Å². The lowest BCUT2D eigenvalue weighted by Gasteiger charge is -2.34. The van der Waals surface area contributed by atoms with Crippen LogP contribution in [0.5, 0.6) is 0 Å². The van der Waals surface area contributed by atoms with Crippen LogP contribution in [0.3, 0.4) is 0 Å². The minimum atomic E-state index is -0.529. The monoisotopic (exact) mass is 435 g/mol. The van der Waals surface area contributed by atoms with Gasteiger partial charge in [0.2, 0.25) is 0 Å². The number of piperidine rings is 1. The van der Waals surface area contributed by atoms with Crippen LogP contribution >= 0.6 is 0 Å². The summed E-state index contributed by atoms with van der Waals surface area (Å²) < 4.78 is 0. The lowest BCUT2D eigenvalue weighted by Crippen LogP contribution is -2.37. The van der Waals surface area contributed by atoms with Gasteiger partial charge in [-0.2, -0.15) is 0 Å². The number of aliphatic imine (C=N–C) groups is 2. The number of nitrogens with zero attached hydrogens (tertiary/aromatic N) is 3. The second-order valence-electron chi connectivity index (χ2n) is 8.94. The summed E-state index contributed by atoms with van der Waals surface area (Å²) in [4.78, 5) is 11.4. The third kappa shape index (κ3) is 6.07. The van der Waals surface area contributed by atoms with Gasteiger partial charge in [0.15, 0.2) is 6.17 Å². The molecule has 1 fully saturated rings. The second-order valence-corrected chi connectivity index (χ2v) is 8.94. The summed E-state index contributed by atoms with van der Waals surface area (Å²) >= 11 is 0. The molecule has 1 aromatic rings. The topological polar surface area (TPSA) is 116 Å². The number of nitrogen functional groups attached to an aromatic ring is 1. The van der Waals surface area contributed by atoms with E-state index in [0.717, 1.165) is 49.0 Å². The molecule has 0 aromatic heterocycles. The van der Waals surface area contributed by atoms with Gasteiger partial charge in [-0.05, 0) is 79.7 Å². The maximum absolute atomic E-state index is 8.75. The molecule has 0 aliphatic carbocycles. The van der Waals surface area contributed by atoms with Gasteiger partial charge in [0.25, 0.3) is 0 Å². The first-order chi connectivity index (χ1) is 15.4. The Morgan fingerprint density at radius 1 is 1.34 bits per heavy atom. The number of nitrogens with one attached hydrogen (secondary N) is 2. The van der Waals surface area contributed by atoms with Crippen molar-refractivity contribution in [2.75, 3.05) is 18.8 Å². The highest BCUT2D eigenvalue weighted by Gasteiger charge is 2.23. The Morgan fingerprint density at radius 3 is 2.75 bits per heavy atom. The summed E-state index contributed by atoms with van der Waals surface area (Å²) in [6, 6.07) is 6.01. The quantitative estimate of drug-likeness (QED) is 0.368. The highest BCUT2D eigenvalue weighted by molar-refractivity contribution is 6.07. The van der Waals surface area contributed by atoms with E-state index in [9.17, 15) is 0 Å². The third-order valence-corrected chi connectivity index (χ3v) is 6.41. The number of likely N-dealkylation sites (tertiary alicyclic amines) is 1. The molecule has 2 aliphatic heterocycles. The van der Waals surface area contributed by atoms with Gasteiger partial charge < -0.3 is 22.2 Å². The minimum absolute atomic E-state index is 0.338. The molecule has 3 rings (SSSR count). The van der Waals surface area contributed by atoms with Crippen molar-refractivity contribution in [3.8, 4) is 0 Å². The molecule has 0 bridgehead atoms. The zero-order valence-electron chi connectivity index (χ0n) is 19.5. The number of rotatable bonds is 8. The van der Waals surface area contributed by atoms with E-state index in [-0.39, 0.29) is 0 Å². The van der Waals surface area contributed by atoms with Crippen LogP contribution in [0.2, 0.25) is 0 Å². The Labute approximate surface area is 191 Å². The Bertz CT molecular complexity index is 918. The molecular weight excluding hydrogens is 398 g/mol. The van der Waals surface area contributed by atoms with E-state index in [2.05, 4.69) is 40.1 Å². The van der Waals surface area contributed by atoms with Crippen molar-refractivity contribution in [1.82, 2.24) is 10.2 Å². The third-order valence-electron chi connectivity index (χ3n) is 6.41. The average molecular weight is 436 g/mol. The summed E-state index contributed by atoms with van der Waals surface area (Å²) in [5, 5.41) is 12.0. The lowest BCUT2D eigenvalue weighted by atomic mass is 9.86. The van der Waals surface area contributed by atoms with Crippen LogP contribution in [0.15, 0.2) is 51.9 Å². The lowest BCUT2D eigenvalue weighted by molar-refractivity contribution is 0.152. The fourth-order valence-corrected chi connectivity index (χ4v) is 4.18. The highest BCUT2D eigenvalue weighted by atomic mass is 15.2. The van der Waals surface area contributed by atoms with Gasteiger partial charge in [0.1, 0.15) is 5.82 Å². The van der Waals surface area contributed by atoms with Gasteiger partial charge in [0.05, 0.1) is 5.71 Å². The van der Waals surface area contributed by atoms with Crippen LogP contribution < -0.4 is 16.8 Å². The Hall–Kier alpha value is -2.93. The molecule has 0 radical (unpaired) electrons. The predicted molar refractivity (Wildman–Crippen MR) is 135 cm³/mol. The van der Waals surface area contributed by atoms with E-state index in [0.29, 0.717) is 17.2 Å². The van der Waals surface area contributed by atoms with Crippen LogP contribution in [-0.4, -0.2) is 42.3 Å². The fraction of sp³-hybridized carbons (Fsp3) is 0.480. The van der Waals surface area contributed by atoms with E-state index in [1.165, 1.54) is 18.4 Å². The normalized spacial score (nSPS) is 20.6. The van der Waals surface area contributed by atoms with Crippen LogP contribution in [-0.2, 0) is 6.54 Å².